The highest BCUT2D eigenvalue weighted by atomic mass is 16.5. The minimum atomic E-state index is -0.138. The van der Waals surface area contributed by atoms with Gasteiger partial charge in [0.1, 0.15) is 17.2 Å². The lowest BCUT2D eigenvalue weighted by Crippen LogP contribution is -2.24. The van der Waals surface area contributed by atoms with E-state index < -0.39 is 0 Å². The van der Waals surface area contributed by atoms with Gasteiger partial charge >= 0.3 is 0 Å². The number of amides is 1. The number of anilines is 2. The quantitative estimate of drug-likeness (QED) is 0.844. The van der Waals surface area contributed by atoms with Crippen LogP contribution in [0.1, 0.15) is 12.5 Å². The van der Waals surface area contributed by atoms with Crippen LogP contribution in [0.5, 0.6) is 17.2 Å². The molecule has 0 atom stereocenters. The summed E-state index contributed by atoms with van der Waals surface area (Å²) in [6, 6.07) is 11.0. The maximum atomic E-state index is 12.4. The second-order valence-corrected chi connectivity index (χ2v) is 5.02. The van der Waals surface area contributed by atoms with Crippen molar-refractivity contribution in [1.82, 2.24) is 0 Å². The third-order valence-corrected chi connectivity index (χ3v) is 3.56. The summed E-state index contributed by atoms with van der Waals surface area (Å²) in [6.45, 7) is 3.42. The molecule has 122 valence electrons. The summed E-state index contributed by atoms with van der Waals surface area (Å²) in [7, 11) is 4.74. The van der Waals surface area contributed by atoms with Crippen molar-refractivity contribution in [2.45, 2.75) is 13.8 Å². The summed E-state index contributed by atoms with van der Waals surface area (Å²) >= 11 is 0. The molecule has 0 saturated carbocycles. The number of hydrogen-bond acceptors (Lipinski definition) is 4. The van der Waals surface area contributed by atoms with Gasteiger partial charge in [-0.05, 0) is 30.7 Å². The lowest BCUT2D eigenvalue weighted by Gasteiger charge is -2.27. The standard InChI is InChI=1S/C18H21NO4/c1-12-10-14(21-3)11-17(23-5)18(12)19(13(2)20)15-8-6-7-9-16(15)22-4/h6-11H,1-5H3. The first-order valence-electron chi connectivity index (χ1n) is 7.19. The van der Waals surface area contributed by atoms with Crippen LogP contribution in [0.2, 0.25) is 0 Å². The highest BCUT2D eigenvalue weighted by molar-refractivity contribution is 6.02. The third kappa shape index (κ3) is 3.23. The number of rotatable bonds is 5. The van der Waals surface area contributed by atoms with Gasteiger partial charge in [0.25, 0.3) is 0 Å². The molecular formula is C18H21NO4. The largest absolute Gasteiger partial charge is 0.497 e. The van der Waals surface area contributed by atoms with E-state index in [4.69, 9.17) is 14.2 Å². The molecule has 0 N–H and O–H groups in total. The molecule has 0 aliphatic carbocycles. The second kappa shape index (κ2) is 7.05. The Morgan fingerprint density at radius 2 is 1.61 bits per heavy atom. The first-order chi connectivity index (χ1) is 11.0. The van der Waals surface area contributed by atoms with Crippen LogP contribution >= 0.6 is 0 Å². The highest BCUT2D eigenvalue weighted by Gasteiger charge is 2.24. The number of hydrogen-bond donors (Lipinski definition) is 0. The number of nitrogens with zero attached hydrogens (tertiary/aromatic N) is 1. The molecule has 0 aromatic heterocycles. The van der Waals surface area contributed by atoms with E-state index >= 15 is 0 Å². The Hall–Kier alpha value is -2.69. The molecule has 2 aromatic carbocycles. The van der Waals surface area contributed by atoms with E-state index in [2.05, 4.69) is 0 Å². The maximum Gasteiger partial charge on any atom is 0.228 e. The van der Waals surface area contributed by atoms with Crippen LogP contribution in [0, 0.1) is 6.92 Å². The molecule has 5 nitrogen and oxygen atoms in total. The zero-order valence-corrected chi connectivity index (χ0v) is 14.0. The van der Waals surface area contributed by atoms with E-state index in [1.54, 1.807) is 32.3 Å². The molecule has 1 amide bonds. The molecule has 0 bridgehead atoms. The van der Waals surface area contributed by atoms with E-state index in [1.165, 1.54) is 6.92 Å². The minimum absolute atomic E-state index is 0.138. The summed E-state index contributed by atoms with van der Waals surface area (Å²) in [5.74, 6) is 1.70. The molecule has 2 aromatic rings. The zero-order valence-electron chi connectivity index (χ0n) is 14.0. The number of para-hydroxylation sites is 2. The molecule has 0 radical (unpaired) electrons. The summed E-state index contributed by atoms with van der Waals surface area (Å²) in [5, 5.41) is 0. The van der Waals surface area contributed by atoms with E-state index in [9.17, 15) is 4.79 Å². The van der Waals surface area contributed by atoms with E-state index in [0.717, 1.165) is 5.56 Å². The van der Waals surface area contributed by atoms with Crippen LogP contribution in [-0.4, -0.2) is 27.2 Å². The fraction of sp³-hybridized carbons (Fsp3) is 0.278. The van der Waals surface area contributed by atoms with E-state index in [1.807, 2.05) is 37.3 Å². The van der Waals surface area contributed by atoms with Crippen molar-refractivity contribution in [2.24, 2.45) is 0 Å². The molecule has 0 heterocycles. The van der Waals surface area contributed by atoms with Gasteiger partial charge in [-0.15, -0.1) is 0 Å². The summed E-state index contributed by atoms with van der Waals surface area (Å²) in [4.78, 5) is 14.0. The normalized spacial score (nSPS) is 10.1. The second-order valence-electron chi connectivity index (χ2n) is 5.02. The average Bonchev–Trinajstić information content (AvgIpc) is 2.56. The van der Waals surface area contributed by atoms with Gasteiger partial charge in [0.15, 0.2) is 0 Å². The lowest BCUT2D eigenvalue weighted by atomic mass is 10.1. The Morgan fingerprint density at radius 1 is 0.957 bits per heavy atom. The molecule has 0 unspecified atom stereocenters. The Kier molecular flexibility index (Phi) is 5.11. The Balaban J connectivity index is 2.70. The van der Waals surface area contributed by atoms with Crippen molar-refractivity contribution >= 4 is 17.3 Å². The average molecular weight is 315 g/mol. The Labute approximate surface area is 136 Å². The number of methoxy groups -OCH3 is 3. The van der Waals surface area contributed by atoms with Gasteiger partial charge in [-0.2, -0.15) is 0 Å². The monoisotopic (exact) mass is 315 g/mol. The molecule has 23 heavy (non-hydrogen) atoms. The molecule has 0 saturated heterocycles. The summed E-state index contributed by atoms with van der Waals surface area (Å²) in [5.41, 5.74) is 2.20. The number of carbonyl (C=O) groups excluding carboxylic acids is 1. The highest BCUT2D eigenvalue weighted by Crippen LogP contribution is 2.42. The summed E-state index contributed by atoms with van der Waals surface area (Å²) in [6.07, 6.45) is 0. The van der Waals surface area contributed by atoms with Crippen molar-refractivity contribution in [3.63, 3.8) is 0 Å². The lowest BCUT2D eigenvalue weighted by molar-refractivity contribution is -0.115. The van der Waals surface area contributed by atoms with Gasteiger partial charge in [0.2, 0.25) is 5.91 Å². The maximum absolute atomic E-state index is 12.4. The number of benzene rings is 2. The van der Waals surface area contributed by atoms with Gasteiger partial charge in [0.05, 0.1) is 32.7 Å². The fourth-order valence-corrected chi connectivity index (χ4v) is 2.54. The van der Waals surface area contributed by atoms with Crippen LogP contribution in [0.4, 0.5) is 11.4 Å². The fourth-order valence-electron chi connectivity index (χ4n) is 2.54. The Bertz CT molecular complexity index is 712. The predicted molar refractivity (Wildman–Crippen MR) is 90.1 cm³/mol. The zero-order chi connectivity index (χ0) is 17.0. The minimum Gasteiger partial charge on any atom is -0.497 e. The van der Waals surface area contributed by atoms with Gasteiger partial charge in [0, 0.05) is 13.0 Å². The van der Waals surface area contributed by atoms with Crippen molar-refractivity contribution in [3.8, 4) is 17.2 Å². The van der Waals surface area contributed by atoms with Crippen molar-refractivity contribution in [1.29, 1.82) is 0 Å². The van der Waals surface area contributed by atoms with Crippen molar-refractivity contribution in [2.75, 3.05) is 26.2 Å². The molecule has 0 fully saturated rings. The van der Waals surface area contributed by atoms with Crippen molar-refractivity contribution in [3.05, 3.63) is 42.0 Å². The molecule has 5 heteroatoms. The predicted octanol–water partition coefficient (Wildman–Crippen LogP) is 3.71. The molecule has 0 spiro atoms. The SMILES string of the molecule is COc1cc(C)c(N(C(C)=O)c2ccccc2OC)c(OC)c1. The van der Waals surface area contributed by atoms with Gasteiger partial charge < -0.3 is 14.2 Å². The smallest absolute Gasteiger partial charge is 0.228 e. The molecular weight excluding hydrogens is 294 g/mol. The van der Waals surface area contributed by atoms with E-state index in [-0.39, 0.29) is 5.91 Å². The first-order valence-corrected chi connectivity index (χ1v) is 7.19. The topological polar surface area (TPSA) is 48.0 Å². The van der Waals surface area contributed by atoms with Gasteiger partial charge in [-0.1, -0.05) is 12.1 Å². The third-order valence-electron chi connectivity index (χ3n) is 3.56. The van der Waals surface area contributed by atoms with Crippen LogP contribution in [0.25, 0.3) is 0 Å². The molecule has 2 rings (SSSR count). The molecule has 0 aliphatic rings. The Morgan fingerprint density at radius 3 is 2.17 bits per heavy atom. The number of carbonyl (C=O) groups is 1. The van der Waals surface area contributed by atoms with Crippen LogP contribution in [-0.2, 0) is 4.79 Å². The number of aryl methyl sites for hydroxylation is 1. The van der Waals surface area contributed by atoms with Crippen LogP contribution in [0.3, 0.4) is 0 Å². The van der Waals surface area contributed by atoms with Crippen LogP contribution < -0.4 is 19.1 Å². The van der Waals surface area contributed by atoms with E-state index in [0.29, 0.717) is 28.6 Å². The number of ether oxygens (including phenoxy) is 3. The molecule has 0 aliphatic heterocycles. The first kappa shape index (κ1) is 16.7. The van der Waals surface area contributed by atoms with Gasteiger partial charge in [-0.3, -0.25) is 9.69 Å². The summed E-state index contributed by atoms with van der Waals surface area (Å²) < 4.78 is 16.2. The van der Waals surface area contributed by atoms with Crippen LogP contribution in [0.15, 0.2) is 36.4 Å². The van der Waals surface area contributed by atoms with Crippen molar-refractivity contribution < 1.29 is 19.0 Å². The van der Waals surface area contributed by atoms with Gasteiger partial charge in [-0.25, -0.2) is 0 Å².